The van der Waals surface area contributed by atoms with Crippen LogP contribution in [0.4, 0.5) is 18.2 Å². The van der Waals surface area contributed by atoms with Crippen LogP contribution in [0.25, 0.3) is 0 Å². The quantitative estimate of drug-likeness (QED) is 0.303. The smallest absolute Gasteiger partial charge is 0.417 e. The van der Waals surface area contributed by atoms with Crippen LogP contribution in [0.5, 0.6) is 11.5 Å². The van der Waals surface area contributed by atoms with Crippen LogP contribution in [-0.4, -0.2) is 32.2 Å². The van der Waals surface area contributed by atoms with Crippen molar-refractivity contribution >= 4 is 46.0 Å². The fraction of sp³-hybridized carbons (Fsp3) is 0.174. The Kier molecular flexibility index (Phi) is 8.03. The molecule has 0 spiro atoms. The molecule has 12 heteroatoms. The average Bonchev–Trinajstić information content (AvgIpc) is 3.18. The lowest BCUT2D eigenvalue weighted by molar-refractivity contribution is -0.137. The normalized spacial score (nSPS) is 11.4. The zero-order valence-electron chi connectivity index (χ0n) is 18.6. The number of benzene rings is 2. The Balaban J connectivity index is 1.75. The highest BCUT2D eigenvalue weighted by Crippen LogP contribution is 2.35. The molecule has 1 aromatic heterocycles. The molecular weight excluding hydrogens is 507 g/mol. The number of hydrogen-bond donors (Lipinski definition) is 2. The summed E-state index contributed by atoms with van der Waals surface area (Å²) >= 11 is 6.75. The van der Waals surface area contributed by atoms with Gasteiger partial charge in [-0.1, -0.05) is 17.7 Å². The summed E-state index contributed by atoms with van der Waals surface area (Å²) in [4.78, 5) is 25.5. The molecular formula is C23H19ClF3N3O4S. The van der Waals surface area contributed by atoms with E-state index in [1.807, 2.05) is 0 Å². The van der Waals surface area contributed by atoms with Crippen molar-refractivity contribution in [1.82, 2.24) is 5.43 Å². The van der Waals surface area contributed by atoms with Crippen molar-refractivity contribution in [2.75, 3.05) is 19.5 Å². The molecule has 0 saturated heterocycles. The number of methoxy groups -OCH3 is 2. The van der Waals surface area contributed by atoms with E-state index in [2.05, 4.69) is 15.8 Å². The minimum atomic E-state index is -4.63. The number of halogens is 4. The van der Waals surface area contributed by atoms with Crippen molar-refractivity contribution in [3.05, 3.63) is 74.6 Å². The molecule has 35 heavy (non-hydrogen) atoms. The van der Waals surface area contributed by atoms with Crippen molar-refractivity contribution < 1.29 is 32.2 Å². The van der Waals surface area contributed by atoms with Gasteiger partial charge in [0.25, 0.3) is 11.8 Å². The summed E-state index contributed by atoms with van der Waals surface area (Å²) in [5.74, 6) is -0.304. The molecule has 0 bridgehead atoms. The van der Waals surface area contributed by atoms with Gasteiger partial charge < -0.3 is 14.8 Å². The Morgan fingerprint density at radius 3 is 2.43 bits per heavy atom. The first-order chi connectivity index (χ1) is 16.5. The van der Waals surface area contributed by atoms with E-state index in [1.165, 1.54) is 26.4 Å². The van der Waals surface area contributed by atoms with Crippen LogP contribution in [-0.2, 0) is 6.18 Å². The Labute approximate surface area is 207 Å². The fourth-order valence-corrected chi connectivity index (χ4v) is 4.19. The minimum absolute atomic E-state index is 0.0889. The lowest BCUT2D eigenvalue weighted by atomic mass is 10.1. The third-order valence-corrected chi connectivity index (χ3v) is 6.09. The Morgan fingerprint density at radius 1 is 1.06 bits per heavy atom. The maximum Gasteiger partial charge on any atom is 0.417 e. The van der Waals surface area contributed by atoms with Crippen molar-refractivity contribution in [1.29, 1.82) is 0 Å². The molecule has 0 saturated carbocycles. The maximum absolute atomic E-state index is 13.0. The molecule has 3 rings (SSSR count). The molecule has 3 aromatic rings. The number of aryl methyl sites for hydroxylation is 1. The number of carbonyl (C=O) groups is 2. The monoisotopic (exact) mass is 525 g/mol. The SMILES string of the molecule is COc1ccc(C(=O)Nc2scc(C)c2C(=O)N/N=C/c2ccc(Cl)c(C(F)(F)F)c2)cc1OC. The van der Waals surface area contributed by atoms with E-state index in [0.717, 1.165) is 29.7 Å². The van der Waals surface area contributed by atoms with Crippen molar-refractivity contribution in [2.45, 2.75) is 13.1 Å². The minimum Gasteiger partial charge on any atom is -0.493 e. The number of anilines is 1. The lowest BCUT2D eigenvalue weighted by Crippen LogP contribution is -2.21. The summed E-state index contributed by atoms with van der Waals surface area (Å²) in [5.41, 5.74) is 2.38. The molecule has 2 amide bonds. The third kappa shape index (κ3) is 6.11. The highest BCUT2D eigenvalue weighted by atomic mass is 35.5. The summed E-state index contributed by atoms with van der Waals surface area (Å²) in [6.45, 7) is 1.68. The molecule has 2 N–H and O–H groups in total. The number of rotatable bonds is 7. The second kappa shape index (κ2) is 10.8. The predicted molar refractivity (Wildman–Crippen MR) is 128 cm³/mol. The van der Waals surface area contributed by atoms with Crippen LogP contribution >= 0.6 is 22.9 Å². The Bertz CT molecular complexity index is 1290. The number of alkyl halides is 3. The summed E-state index contributed by atoms with van der Waals surface area (Å²) in [6.07, 6.45) is -3.56. The van der Waals surface area contributed by atoms with Gasteiger partial charge in [-0.05, 0) is 53.8 Å². The van der Waals surface area contributed by atoms with E-state index in [1.54, 1.807) is 24.4 Å². The first-order valence-corrected chi connectivity index (χ1v) is 11.1. The Morgan fingerprint density at radius 2 is 1.77 bits per heavy atom. The molecule has 0 unspecified atom stereocenters. The van der Waals surface area contributed by atoms with Crippen molar-refractivity contribution in [3.8, 4) is 11.5 Å². The number of hydrazone groups is 1. The fourth-order valence-electron chi connectivity index (χ4n) is 3.03. The molecule has 0 aliphatic carbocycles. The van der Waals surface area contributed by atoms with Gasteiger partial charge in [0.2, 0.25) is 0 Å². The number of carbonyl (C=O) groups excluding carboxylic acids is 2. The van der Waals surface area contributed by atoms with Gasteiger partial charge in [0.05, 0.1) is 36.6 Å². The van der Waals surface area contributed by atoms with E-state index in [4.69, 9.17) is 21.1 Å². The van der Waals surface area contributed by atoms with Crippen LogP contribution in [0.1, 0.15) is 37.4 Å². The highest BCUT2D eigenvalue weighted by molar-refractivity contribution is 7.15. The topological polar surface area (TPSA) is 89.0 Å². The van der Waals surface area contributed by atoms with Gasteiger partial charge in [0, 0.05) is 5.56 Å². The largest absolute Gasteiger partial charge is 0.493 e. The highest BCUT2D eigenvalue weighted by Gasteiger charge is 2.33. The predicted octanol–water partition coefficient (Wildman–Crippen LogP) is 5.76. The zero-order chi connectivity index (χ0) is 25.8. The Hall–Kier alpha value is -3.57. The number of thiophene rings is 1. The van der Waals surface area contributed by atoms with Crippen LogP contribution in [0, 0.1) is 6.92 Å². The molecule has 7 nitrogen and oxygen atoms in total. The first kappa shape index (κ1) is 26.0. The molecule has 0 aliphatic rings. The number of amides is 2. The summed E-state index contributed by atoms with van der Waals surface area (Å²) < 4.78 is 49.4. The standard InChI is InChI=1S/C23H19ClF3N3O4S/c1-12-11-35-22(29-20(31)14-5-7-17(33-2)18(9-14)34-3)19(12)21(32)30-28-10-13-4-6-16(24)15(8-13)23(25,26)27/h4-11H,1-3H3,(H,29,31)(H,30,32)/b28-10+. The third-order valence-electron chi connectivity index (χ3n) is 4.75. The average molecular weight is 526 g/mol. The van der Waals surface area contributed by atoms with Crippen LogP contribution < -0.4 is 20.2 Å². The van der Waals surface area contributed by atoms with Gasteiger partial charge in [0.15, 0.2) is 11.5 Å². The van der Waals surface area contributed by atoms with Gasteiger partial charge in [-0.15, -0.1) is 11.3 Å². The van der Waals surface area contributed by atoms with Crippen molar-refractivity contribution in [3.63, 3.8) is 0 Å². The first-order valence-electron chi connectivity index (χ1n) is 9.86. The lowest BCUT2D eigenvalue weighted by Gasteiger charge is -2.10. The zero-order valence-corrected chi connectivity index (χ0v) is 20.2. The van der Waals surface area contributed by atoms with Gasteiger partial charge in [0.1, 0.15) is 5.00 Å². The number of ether oxygens (including phenoxy) is 2. The van der Waals surface area contributed by atoms with Gasteiger partial charge >= 0.3 is 6.18 Å². The summed E-state index contributed by atoms with van der Waals surface area (Å²) in [5, 5.41) is 7.94. The van der Waals surface area contributed by atoms with E-state index in [9.17, 15) is 22.8 Å². The summed E-state index contributed by atoms with van der Waals surface area (Å²) in [6, 6.07) is 7.87. The molecule has 1 heterocycles. The molecule has 2 aromatic carbocycles. The molecule has 0 fully saturated rings. The van der Waals surface area contributed by atoms with E-state index < -0.39 is 28.6 Å². The second-order valence-corrected chi connectivity index (χ2v) is 8.37. The van der Waals surface area contributed by atoms with Crippen LogP contribution in [0.2, 0.25) is 5.02 Å². The second-order valence-electron chi connectivity index (χ2n) is 7.08. The molecule has 0 radical (unpaired) electrons. The number of hydrogen-bond acceptors (Lipinski definition) is 6. The molecule has 0 aliphatic heterocycles. The molecule has 184 valence electrons. The number of nitrogens with zero attached hydrogens (tertiary/aromatic N) is 1. The van der Waals surface area contributed by atoms with Crippen LogP contribution in [0.3, 0.4) is 0 Å². The molecule has 0 atom stereocenters. The van der Waals surface area contributed by atoms with Gasteiger partial charge in [-0.25, -0.2) is 5.43 Å². The van der Waals surface area contributed by atoms with E-state index >= 15 is 0 Å². The maximum atomic E-state index is 13.0. The van der Waals surface area contributed by atoms with Crippen LogP contribution in [0.15, 0.2) is 46.9 Å². The van der Waals surface area contributed by atoms with Gasteiger partial charge in [-0.3, -0.25) is 9.59 Å². The van der Waals surface area contributed by atoms with Gasteiger partial charge in [-0.2, -0.15) is 18.3 Å². The van der Waals surface area contributed by atoms with E-state index in [-0.39, 0.29) is 21.7 Å². The van der Waals surface area contributed by atoms with E-state index in [0.29, 0.717) is 17.1 Å². The van der Waals surface area contributed by atoms with Crippen molar-refractivity contribution in [2.24, 2.45) is 5.10 Å². The number of nitrogens with one attached hydrogen (secondary N) is 2. The summed E-state index contributed by atoms with van der Waals surface area (Å²) in [7, 11) is 2.92.